The minimum absolute atomic E-state index is 0.322. The third-order valence-corrected chi connectivity index (χ3v) is 3.57. The molecule has 3 rings (SSSR count). The first-order valence-corrected chi connectivity index (χ1v) is 6.94. The Bertz CT molecular complexity index is 666. The maximum absolute atomic E-state index is 8.75. The maximum Gasteiger partial charge on any atom is 0.158 e. The van der Waals surface area contributed by atoms with E-state index < -0.39 is 0 Å². The highest BCUT2D eigenvalue weighted by molar-refractivity contribution is 9.10. The molecule has 2 heterocycles. The standard InChI is InChI=1S/C14H11BrN4O/c15-11-1-2-13-10(5-11)9-19(3-4-20-13)14-8-17-12(6-16)7-18-14/h1-2,5,7-8H,3-4,9H2. The van der Waals surface area contributed by atoms with Gasteiger partial charge in [-0.3, -0.25) is 0 Å². The molecule has 1 aromatic carbocycles. The Morgan fingerprint density at radius 2 is 2.20 bits per heavy atom. The van der Waals surface area contributed by atoms with E-state index in [9.17, 15) is 0 Å². The van der Waals surface area contributed by atoms with Gasteiger partial charge in [-0.15, -0.1) is 0 Å². The number of ether oxygens (including phenoxy) is 1. The van der Waals surface area contributed by atoms with Gasteiger partial charge in [-0.25, -0.2) is 9.97 Å². The molecule has 6 heteroatoms. The number of halogens is 1. The van der Waals surface area contributed by atoms with Crippen molar-refractivity contribution in [3.63, 3.8) is 0 Å². The fourth-order valence-corrected chi connectivity index (χ4v) is 2.51. The Labute approximate surface area is 125 Å². The molecule has 0 radical (unpaired) electrons. The summed E-state index contributed by atoms with van der Waals surface area (Å²) < 4.78 is 6.76. The highest BCUT2D eigenvalue weighted by atomic mass is 79.9. The fourth-order valence-electron chi connectivity index (χ4n) is 2.10. The van der Waals surface area contributed by atoms with Gasteiger partial charge in [0.1, 0.15) is 24.2 Å². The molecule has 0 N–H and O–H groups in total. The molecule has 0 atom stereocenters. The zero-order chi connectivity index (χ0) is 13.9. The van der Waals surface area contributed by atoms with Crippen molar-refractivity contribution in [1.29, 1.82) is 5.26 Å². The predicted octanol–water partition coefficient (Wildman–Crippen LogP) is 2.51. The molecule has 0 saturated heterocycles. The number of fused-ring (bicyclic) bond motifs is 1. The molecule has 1 aromatic heterocycles. The molecule has 0 unspecified atom stereocenters. The van der Waals surface area contributed by atoms with Crippen molar-refractivity contribution in [2.24, 2.45) is 0 Å². The Morgan fingerprint density at radius 3 is 2.95 bits per heavy atom. The summed E-state index contributed by atoms with van der Waals surface area (Å²) in [7, 11) is 0. The number of benzene rings is 1. The predicted molar refractivity (Wildman–Crippen MR) is 77.4 cm³/mol. The summed E-state index contributed by atoms with van der Waals surface area (Å²) in [5, 5.41) is 8.75. The smallest absolute Gasteiger partial charge is 0.158 e. The Hall–Kier alpha value is -2.13. The molecule has 100 valence electrons. The van der Waals surface area contributed by atoms with E-state index in [1.54, 1.807) is 6.20 Å². The zero-order valence-corrected chi connectivity index (χ0v) is 12.2. The van der Waals surface area contributed by atoms with Gasteiger partial charge in [-0.2, -0.15) is 5.26 Å². The van der Waals surface area contributed by atoms with Crippen LogP contribution in [0.4, 0.5) is 5.82 Å². The van der Waals surface area contributed by atoms with Crippen LogP contribution in [0.5, 0.6) is 5.75 Å². The first-order chi connectivity index (χ1) is 9.76. The van der Waals surface area contributed by atoms with Crippen LogP contribution in [0.1, 0.15) is 11.3 Å². The van der Waals surface area contributed by atoms with E-state index in [1.807, 2.05) is 24.3 Å². The molecule has 0 fully saturated rings. The van der Waals surface area contributed by atoms with Crippen LogP contribution in [0.25, 0.3) is 0 Å². The third-order valence-electron chi connectivity index (χ3n) is 3.08. The molecule has 2 aromatic rings. The number of aromatic nitrogens is 2. The van der Waals surface area contributed by atoms with Crippen LogP contribution in [-0.4, -0.2) is 23.1 Å². The second kappa shape index (κ2) is 5.47. The molecule has 0 saturated carbocycles. The van der Waals surface area contributed by atoms with Crippen molar-refractivity contribution in [3.8, 4) is 11.8 Å². The molecular weight excluding hydrogens is 320 g/mol. The van der Waals surface area contributed by atoms with Crippen LogP contribution in [0.3, 0.4) is 0 Å². The molecule has 1 aliphatic heterocycles. The number of anilines is 1. The summed E-state index contributed by atoms with van der Waals surface area (Å²) in [6, 6.07) is 7.95. The summed E-state index contributed by atoms with van der Waals surface area (Å²) in [6.45, 7) is 2.03. The van der Waals surface area contributed by atoms with E-state index >= 15 is 0 Å². The summed E-state index contributed by atoms with van der Waals surface area (Å²) in [5.41, 5.74) is 1.42. The van der Waals surface area contributed by atoms with Gasteiger partial charge in [0.05, 0.1) is 18.9 Å². The lowest BCUT2D eigenvalue weighted by Gasteiger charge is -2.20. The van der Waals surface area contributed by atoms with Gasteiger partial charge in [0.2, 0.25) is 0 Å². The summed E-state index contributed by atoms with van der Waals surface area (Å²) >= 11 is 3.47. The fraction of sp³-hybridized carbons (Fsp3) is 0.214. The first-order valence-electron chi connectivity index (χ1n) is 6.14. The van der Waals surface area contributed by atoms with E-state index in [4.69, 9.17) is 10.00 Å². The lowest BCUT2D eigenvalue weighted by molar-refractivity contribution is 0.331. The quantitative estimate of drug-likeness (QED) is 0.803. The third kappa shape index (κ3) is 2.58. The average Bonchev–Trinajstić information content (AvgIpc) is 2.69. The van der Waals surface area contributed by atoms with Crippen molar-refractivity contribution in [2.75, 3.05) is 18.1 Å². The highest BCUT2D eigenvalue weighted by Crippen LogP contribution is 2.27. The van der Waals surface area contributed by atoms with Gasteiger partial charge in [0.15, 0.2) is 5.69 Å². The van der Waals surface area contributed by atoms with Crippen molar-refractivity contribution in [1.82, 2.24) is 9.97 Å². The molecule has 20 heavy (non-hydrogen) atoms. The van der Waals surface area contributed by atoms with Gasteiger partial charge < -0.3 is 9.64 Å². The summed E-state index contributed by atoms with van der Waals surface area (Å²) in [6.07, 6.45) is 3.12. The number of hydrogen-bond acceptors (Lipinski definition) is 5. The van der Waals surface area contributed by atoms with Crippen molar-refractivity contribution < 1.29 is 4.74 Å². The van der Waals surface area contributed by atoms with Crippen LogP contribution in [0, 0.1) is 11.3 Å². The Balaban J connectivity index is 1.89. The highest BCUT2D eigenvalue weighted by Gasteiger charge is 2.17. The van der Waals surface area contributed by atoms with Gasteiger partial charge in [-0.05, 0) is 18.2 Å². The topological polar surface area (TPSA) is 62.0 Å². The Kier molecular flexibility index (Phi) is 3.52. The maximum atomic E-state index is 8.75. The van der Waals surface area contributed by atoms with E-state index in [0.29, 0.717) is 18.8 Å². The number of hydrogen-bond donors (Lipinski definition) is 0. The first kappa shape index (κ1) is 12.9. The van der Waals surface area contributed by atoms with Crippen LogP contribution in [-0.2, 0) is 6.54 Å². The van der Waals surface area contributed by atoms with E-state index in [2.05, 4.69) is 30.8 Å². The van der Waals surface area contributed by atoms with Crippen molar-refractivity contribution >= 4 is 21.7 Å². The van der Waals surface area contributed by atoms with Gasteiger partial charge >= 0.3 is 0 Å². The zero-order valence-electron chi connectivity index (χ0n) is 10.6. The van der Waals surface area contributed by atoms with Gasteiger partial charge in [0.25, 0.3) is 0 Å². The summed E-state index contributed by atoms with van der Waals surface area (Å²) in [4.78, 5) is 10.4. The number of nitriles is 1. The lowest BCUT2D eigenvalue weighted by atomic mass is 10.2. The van der Waals surface area contributed by atoms with Gasteiger partial charge in [0, 0.05) is 16.6 Å². The van der Waals surface area contributed by atoms with Crippen LogP contribution in [0.15, 0.2) is 35.1 Å². The van der Waals surface area contributed by atoms with Gasteiger partial charge in [-0.1, -0.05) is 15.9 Å². The monoisotopic (exact) mass is 330 g/mol. The normalized spacial score (nSPS) is 13.9. The SMILES string of the molecule is N#Cc1cnc(N2CCOc3ccc(Br)cc3C2)cn1. The molecule has 0 amide bonds. The molecule has 0 bridgehead atoms. The van der Waals surface area contributed by atoms with Crippen LogP contribution < -0.4 is 9.64 Å². The minimum Gasteiger partial charge on any atom is -0.491 e. The second-order valence-electron chi connectivity index (χ2n) is 4.39. The van der Waals surface area contributed by atoms with Crippen LogP contribution >= 0.6 is 15.9 Å². The van der Waals surface area contributed by atoms with E-state index in [0.717, 1.165) is 28.1 Å². The summed E-state index contributed by atoms with van der Waals surface area (Å²) in [5.74, 6) is 1.65. The van der Waals surface area contributed by atoms with Crippen molar-refractivity contribution in [2.45, 2.75) is 6.54 Å². The number of nitrogens with zero attached hydrogens (tertiary/aromatic N) is 4. The average molecular weight is 331 g/mol. The Morgan fingerprint density at radius 1 is 1.30 bits per heavy atom. The molecular formula is C14H11BrN4O. The van der Waals surface area contributed by atoms with E-state index in [1.165, 1.54) is 6.20 Å². The van der Waals surface area contributed by atoms with Crippen LogP contribution in [0.2, 0.25) is 0 Å². The molecule has 5 nitrogen and oxygen atoms in total. The molecule has 0 aliphatic carbocycles. The minimum atomic E-state index is 0.322. The second-order valence-corrected chi connectivity index (χ2v) is 5.31. The number of rotatable bonds is 1. The van der Waals surface area contributed by atoms with E-state index in [-0.39, 0.29) is 0 Å². The lowest BCUT2D eigenvalue weighted by Crippen LogP contribution is -2.26. The molecule has 0 spiro atoms. The largest absolute Gasteiger partial charge is 0.491 e. The van der Waals surface area contributed by atoms with Crippen molar-refractivity contribution in [3.05, 3.63) is 46.3 Å². The molecule has 1 aliphatic rings.